The first-order valence-corrected chi connectivity index (χ1v) is 9.97. The van der Waals surface area contributed by atoms with E-state index in [4.69, 9.17) is 11.6 Å². The van der Waals surface area contributed by atoms with Crippen LogP contribution in [0.4, 0.5) is 5.69 Å². The van der Waals surface area contributed by atoms with Gasteiger partial charge in [0.15, 0.2) is 5.96 Å². The summed E-state index contributed by atoms with van der Waals surface area (Å²) in [6.45, 7) is 3.76. The predicted octanol–water partition coefficient (Wildman–Crippen LogP) is 1.08. The lowest BCUT2D eigenvalue weighted by Gasteiger charge is -2.37. The molecule has 1 aliphatic rings. The van der Waals surface area contributed by atoms with Gasteiger partial charge in [-0.05, 0) is 18.2 Å². The number of piperazine rings is 1. The maximum atomic E-state index is 11.2. The largest absolute Gasteiger partial charge is 0.368 e. The van der Waals surface area contributed by atoms with Gasteiger partial charge in [0.25, 0.3) is 0 Å². The number of anilines is 1. The van der Waals surface area contributed by atoms with Crippen LogP contribution in [0.15, 0.2) is 29.3 Å². The minimum Gasteiger partial charge on any atom is -0.368 e. The second-order valence-electron chi connectivity index (χ2n) is 5.56. The lowest BCUT2D eigenvalue weighted by Crippen LogP contribution is -2.53. The summed E-state index contributed by atoms with van der Waals surface area (Å²) < 4.78 is 22.4. The third-order valence-corrected chi connectivity index (χ3v) is 4.90. The molecule has 0 spiro atoms. The van der Waals surface area contributed by atoms with Crippen LogP contribution in [0.1, 0.15) is 0 Å². The van der Waals surface area contributed by atoms with Gasteiger partial charge in [-0.15, -0.1) is 0 Å². The maximum Gasteiger partial charge on any atom is 0.193 e. The molecule has 0 aromatic heterocycles. The minimum absolute atomic E-state index is 0.106. The second-order valence-corrected chi connectivity index (χ2v) is 8.25. The van der Waals surface area contributed by atoms with Crippen LogP contribution in [0, 0.1) is 0 Å². The molecule has 0 bridgehead atoms. The molecule has 0 unspecified atom stereocenters. The van der Waals surface area contributed by atoms with Gasteiger partial charge >= 0.3 is 0 Å². The number of sulfone groups is 1. The monoisotopic (exact) mass is 358 g/mol. The molecule has 0 aliphatic carbocycles. The molecule has 23 heavy (non-hydrogen) atoms. The number of halogens is 1. The zero-order valence-corrected chi connectivity index (χ0v) is 15.1. The molecule has 1 fully saturated rings. The van der Waals surface area contributed by atoms with Crippen LogP contribution in [-0.4, -0.2) is 71.1 Å². The Labute approximate surface area is 143 Å². The van der Waals surface area contributed by atoms with Crippen molar-refractivity contribution in [1.29, 1.82) is 0 Å². The van der Waals surface area contributed by atoms with E-state index in [0.29, 0.717) is 6.54 Å². The molecule has 1 aromatic carbocycles. The Morgan fingerprint density at radius 2 is 2.00 bits per heavy atom. The Morgan fingerprint density at radius 3 is 2.57 bits per heavy atom. The first-order chi connectivity index (χ1) is 10.9. The summed E-state index contributed by atoms with van der Waals surface area (Å²) >= 11 is 6.04. The maximum absolute atomic E-state index is 11.2. The normalized spacial score (nSPS) is 16.6. The van der Waals surface area contributed by atoms with Crippen molar-refractivity contribution in [3.05, 3.63) is 29.3 Å². The molecule has 6 nitrogen and oxygen atoms in total. The lowest BCUT2D eigenvalue weighted by atomic mass is 10.2. The average molecular weight is 359 g/mol. The summed E-state index contributed by atoms with van der Waals surface area (Å²) in [4.78, 5) is 8.67. The zero-order valence-electron chi connectivity index (χ0n) is 13.5. The van der Waals surface area contributed by atoms with Gasteiger partial charge in [-0.25, -0.2) is 8.42 Å². The highest BCUT2D eigenvalue weighted by atomic mass is 35.5. The summed E-state index contributed by atoms with van der Waals surface area (Å²) in [5.74, 6) is 0.855. The topological polar surface area (TPSA) is 65.0 Å². The van der Waals surface area contributed by atoms with Gasteiger partial charge in [0.2, 0.25) is 0 Å². The van der Waals surface area contributed by atoms with Crippen LogP contribution in [0.2, 0.25) is 5.02 Å². The molecule has 0 radical (unpaired) electrons. The zero-order chi connectivity index (χ0) is 16.9. The fourth-order valence-electron chi connectivity index (χ4n) is 2.53. The Morgan fingerprint density at radius 1 is 1.30 bits per heavy atom. The van der Waals surface area contributed by atoms with Crippen LogP contribution < -0.4 is 10.2 Å². The Hall–Kier alpha value is -1.47. The first-order valence-electron chi connectivity index (χ1n) is 7.53. The standard InChI is InChI=1S/C15H23ClN4O2S/c1-17-15(18-6-11-23(2,21)22)20-9-7-19(8-10-20)14-5-3-4-13(16)12-14/h3-5,12H,6-11H2,1-2H3,(H,17,18). The lowest BCUT2D eigenvalue weighted by molar-refractivity contribution is 0.373. The number of hydrogen-bond donors (Lipinski definition) is 1. The molecule has 0 amide bonds. The van der Waals surface area contributed by atoms with E-state index in [2.05, 4.69) is 26.2 Å². The molecule has 1 heterocycles. The van der Waals surface area contributed by atoms with Gasteiger partial charge in [0.05, 0.1) is 5.75 Å². The van der Waals surface area contributed by atoms with Crippen molar-refractivity contribution >= 4 is 33.1 Å². The van der Waals surface area contributed by atoms with E-state index in [1.807, 2.05) is 18.2 Å². The molecule has 128 valence electrons. The number of nitrogens with zero attached hydrogens (tertiary/aromatic N) is 3. The van der Waals surface area contributed by atoms with Gasteiger partial charge in [0.1, 0.15) is 9.84 Å². The number of benzene rings is 1. The third kappa shape index (κ3) is 5.58. The van der Waals surface area contributed by atoms with E-state index < -0.39 is 9.84 Å². The first kappa shape index (κ1) is 17.9. The van der Waals surface area contributed by atoms with Crippen molar-refractivity contribution in [3.8, 4) is 0 Å². The summed E-state index contributed by atoms with van der Waals surface area (Å²) in [5.41, 5.74) is 1.12. The number of aliphatic imine (C=N–C) groups is 1. The Balaban J connectivity index is 1.87. The summed E-state index contributed by atoms with van der Waals surface area (Å²) in [7, 11) is -1.25. The van der Waals surface area contributed by atoms with Gasteiger partial charge in [-0.2, -0.15) is 0 Å². The smallest absolute Gasteiger partial charge is 0.193 e. The SMILES string of the molecule is CN=C(NCCS(C)(=O)=O)N1CCN(c2cccc(Cl)c2)CC1. The van der Waals surface area contributed by atoms with Crippen LogP contribution in [0.3, 0.4) is 0 Å². The molecular formula is C15H23ClN4O2S. The quantitative estimate of drug-likeness (QED) is 0.644. The molecule has 1 N–H and O–H groups in total. The van der Waals surface area contributed by atoms with E-state index in [9.17, 15) is 8.42 Å². The minimum atomic E-state index is -2.96. The van der Waals surface area contributed by atoms with Crippen LogP contribution in [0.5, 0.6) is 0 Å². The van der Waals surface area contributed by atoms with Crippen molar-refractivity contribution in [2.24, 2.45) is 4.99 Å². The molecule has 8 heteroatoms. The fraction of sp³-hybridized carbons (Fsp3) is 0.533. The molecule has 2 rings (SSSR count). The highest BCUT2D eigenvalue weighted by molar-refractivity contribution is 7.90. The number of guanidine groups is 1. The second kappa shape index (κ2) is 7.88. The summed E-state index contributed by atoms with van der Waals surface area (Å²) in [6, 6.07) is 7.85. The molecule has 1 aliphatic heterocycles. The van der Waals surface area contributed by atoms with E-state index >= 15 is 0 Å². The van der Waals surface area contributed by atoms with E-state index in [1.165, 1.54) is 6.26 Å². The highest BCUT2D eigenvalue weighted by Crippen LogP contribution is 2.20. The number of rotatable bonds is 4. The number of hydrogen-bond acceptors (Lipinski definition) is 4. The third-order valence-electron chi connectivity index (χ3n) is 3.72. The van der Waals surface area contributed by atoms with Crippen LogP contribution in [-0.2, 0) is 9.84 Å². The Kier molecular flexibility index (Phi) is 6.12. The summed E-state index contributed by atoms with van der Waals surface area (Å²) in [5, 5.41) is 3.86. The predicted molar refractivity (Wildman–Crippen MR) is 96.3 cm³/mol. The number of nitrogens with one attached hydrogen (secondary N) is 1. The van der Waals surface area contributed by atoms with Crippen molar-refractivity contribution < 1.29 is 8.42 Å². The molecule has 0 atom stereocenters. The average Bonchev–Trinajstić information content (AvgIpc) is 2.51. The summed E-state index contributed by atoms with van der Waals surface area (Å²) in [6.07, 6.45) is 1.24. The van der Waals surface area contributed by atoms with Crippen LogP contribution in [0.25, 0.3) is 0 Å². The molecule has 1 saturated heterocycles. The van der Waals surface area contributed by atoms with E-state index in [1.54, 1.807) is 7.05 Å². The Bertz CT molecular complexity index is 655. The van der Waals surface area contributed by atoms with Gasteiger partial charge in [-0.1, -0.05) is 17.7 Å². The van der Waals surface area contributed by atoms with Crippen molar-refractivity contribution in [1.82, 2.24) is 10.2 Å². The van der Waals surface area contributed by atoms with Gasteiger partial charge in [-0.3, -0.25) is 4.99 Å². The fourth-order valence-corrected chi connectivity index (χ4v) is 3.19. The van der Waals surface area contributed by atoms with Crippen LogP contribution >= 0.6 is 11.6 Å². The molecular weight excluding hydrogens is 336 g/mol. The highest BCUT2D eigenvalue weighted by Gasteiger charge is 2.20. The van der Waals surface area contributed by atoms with Gasteiger partial charge < -0.3 is 15.1 Å². The van der Waals surface area contributed by atoms with E-state index in [0.717, 1.165) is 42.8 Å². The van der Waals surface area contributed by atoms with Crippen molar-refractivity contribution in [2.45, 2.75) is 0 Å². The van der Waals surface area contributed by atoms with Gasteiger partial charge in [0, 0.05) is 56.7 Å². The van der Waals surface area contributed by atoms with E-state index in [-0.39, 0.29) is 5.75 Å². The van der Waals surface area contributed by atoms with Crippen molar-refractivity contribution in [3.63, 3.8) is 0 Å². The molecule has 0 saturated carbocycles. The molecule has 1 aromatic rings. The van der Waals surface area contributed by atoms with Crippen molar-refractivity contribution in [2.75, 3.05) is 56.7 Å².